The summed E-state index contributed by atoms with van der Waals surface area (Å²) in [5, 5.41) is 0. The lowest BCUT2D eigenvalue weighted by molar-refractivity contribution is 0.392. The fourth-order valence-corrected chi connectivity index (χ4v) is 1.98. The predicted molar refractivity (Wildman–Crippen MR) is 63.9 cm³/mol. The third-order valence-corrected chi connectivity index (χ3v) is 2.98. The van der Waals surface area contributed by atoms with Crippen molar-refractivity contribution in [1.29, 1.82) is 0 Å². The second-order valence-electron chi connectivity index (χ2n) is 2.45. The minimum atomic E-state index is -3.81. The Morgan fingerprint density at radius 3 is 2.06 bits per heavy atom. The van der Waals surface area contributed by atoms with E-state index < -0.39 is 9.05 Å². The molecule has 4 nitrogen and oxygen atoms in total. The summed E-state index contributed by atoms with van der Waals surface area (Å²) in [6.07, 6.45) is 0. The van der Waals surface area contributed by atoms with Gasteiger partial charge in [0.2, 0.25) is 0 Å². The average molecular weight is 267 g/mol. The third kappa shape index (κ3) is 3.90. The van der Waals surface area contributed by atoms with Gasteiger partial charge in [0.15, 0.2) is 0 Å². The van der Waals surface area contributed by atoms with Gasteiger partial charge in [0, 0.05) is 16.7 Å². The first kappa shape index (κ1) is 15.1. The second kappa shape index (κ2) is 6.60. The molecule has 92 valence electrons. The Labute approximate surface area is 101 Å². The number of benzene rings is 1. The van der Waals surface area contributed by atoms with E-state index in [0.29, 0.717) is 5.75 Å². The number of hydrogen-bond acceptors (Lipinski definition) is 4. The van der Waals surface area contributed by atoms with Crippen LogP contribution in [0.25, 0.3) is 0 Å². The van der Waals surface area contributed by atoms with Crippen molar-refractivity contribution in [2.75, 3.05) is 14.2 Å². The highest BCUT2D eigenvalue weighted by Crippen LogP contribution is 2.30. The van der Waals surface area contributed by atoms with Crippen LogP contribution in [0.4, 0.5) is 0 Å². The summed E-state index contributed by atoms with van der Waals surface area (Å²) in [5.41, 5.74) is 0. The standard InChI is InChI=1S/C8H9ClO4S.C2H6/c1-12-6-3-4-7(13-2)8(5-6)14(9,10)11;1-2/h3-5H,1-2H3;1-2H3. The van der Waals surface area contributed by atoms with Gasteiger partial charge in [0.25, 0.3) is 9.05 Å². The first-order chi connectivity index (χ1) is 7.49. The van der Waals surface area contributed by atoms with E-state index in [-0.39, 0.29) is 10.6 Å². The zero-order chi connectivity index (χ0) is 12.8. The molecule has 0 saturated heterocycles. The van der Waals surface area contributed by atoms with E-state index in [1.165, 1.54) is 26.4 Å². The molecule has 1 rings (SSSR count). The van der Waals surface area contributed by atoms with E-state index in [9.17, 15) is 8.42 Å². The maximum atomic E-state index is 11.1. The van der Waals surface area contributed by atoms with Gasteiger partial charge in [-0.25, -0.2) is 8.42 Å². The molecular weight excluding hydrogens is 252 g/mol. The molecule has 0 aliphatic carbocycles. The fourth-order valence-electron chi connectivity index (χ4n) is 0.975. The molecule has 1 aromatic rings. The average Bonchev–Trinajstić information content (AvgIpc) is 2.29. The molecule has 0 heterocycles. The summed E-state index contributed by atoms with van der Waals surface area (Å²) in [7, 11) is 4.20. The molecule has 6 heteroatoms. The van der Waals surface area contributed by atoms with Crippen molar-refractivity contribution in [3.05, 3.63) is 18.2 Å². The molecular formula is C10H15ClO4S. The Morgan fingerprint density at radius 1 is 1.12 bits per heavy atom. The smallest absolute Gasteiger partial charge is 0.265 e. The third-order valence-electron chi connectivity index (χ3n) is 1.63. The molecule has 0 aliphatic heterocycles. The van der Waals surface area contributed by atoms with E-state index in [1.807, 2.05) is 13.8 Å². The van der Waals surface area contributed by atoms with E-state index >= 15 is 0 Å². The Balaban J connectivity index is 0.00000106. The van der Waals surface area contributed by atoms with E-state index in [0.717, 1.165) is 0 Å². The number of hydrogen-bond donors (Lipinski definition) is 0. The normalized spacial score (nSPS) is 10.1. The van der Waals surface area contributed by atoms with Crippen molar-refractivity contribution < 1.29 is 17.9 Å². The maximum Gasteiger partial charge on any atom is 0.265 e. The number of ether oxygens (including phenoxy) is 2. The molecule has 0 atom stereocenters. The Kier molecular flexibility index (Phi) is 6.21. The van der Waals surface area contributed by atoms with Gasteiger partial charge in [-0.3, -0.25) is 0 Å². The summed E-state index contributed by atoms with van der Waals surface area (Å²) >= 11 is 0. The van der Waals surface area contributed by atoms with Crippen LogP contribution in [0.3, 0.4) is 0 Å². The van der Waals surface area contributed by atoms with Crippen molar-refractivity contribution in [2.45, 2.75) is 18.7 Å². The van der Waals surface area contributed by atoms with Gasteiger partial charge in [-0.15, -0.1) is 0 Å². The molecule has 0 aromatic heterocycles. The van der Waals surface area contributed by atoms with Crippen molar-refractivity contribution in [2.24, 2.45) is 0 Å². The minimum Gasteiger partial charge on any atom is -0.497 e. The van der Waals surface area contributed by atoms with Crippen LogP contribution in [0, 0.1) is 0 Å². The Bertz CT molecular complexity index is 428. The Hall–Kier alpha value is -0.940. The zero-order valence-corrected chi connectivity index (χ0v) is 11.2. The van der Waals surface area contributed by atoms with Crippen LogP contribution in [0.5, 0.6) is 11.5 Å². The quantitative estimate of drug-likeness (QED) is 0.790. The maximum absolute atomic E-state index is 11.1. The van der Waals surface area contributed by atoms with Crippen LogP contribution in [0.2, 0.25) is 0 Å². The van der Waals surface area contributed by atoms with Crippen molar-refractivity contribution in [3.63, 3.8) is 0 Å². The van der Waals surface area contributed by atoms with Crippen LogP contribution >= 0.6 is 10.7 Å². The van der Waals surface area contributed by atoms with Crippen molar-refractivity contribution >= 4 is 19.7 Å². The first-order valence-corrected chi connectivity index (χ1v) is 6.96. The topological polar surface area (TPSA) is 52.6 Å². The molecule has 0 aliphatic rings. The molecule has 0 amide bonds. The number of halogens is 1. The van der Waals surface area contributed by atoms with Crippen LogP contribution in [0.1, 0.15) is 13.8 Å². The molecule has 0 unspecified atom stereocenters. The molecule has 0 fully saturated rings. The monoisotopic (exact) mass is 266 g/mol. The SMILES string of the molecule is CC.COc1ccc(OC)c(S(=O)(=O)Cl)c1. The second-order valence-corrected chi connectivity index (χ2v) is 4.99. The number of methoxy groups -OCH3 is 2. The Morgan fingerprint density at radius 2 is 1.69 bits per heavy atom. The van der Waals surface area contributed by atoms with Gasteiger partial charge < -0.3 is 9.47 Å². The summed E-state index contributed by atoms with van der Waals surface area (Å²) < 4.78 is 31.9. The molecule has 0 bridgehead atoms. The van der Waals surface area contributed by atoms with Crippen molar-refractivity contribution in [3.8, 4) is 11.5 Å². The lowest BCUT2D eigenvalue weighted by Gasteiger charge is -2.07. The largest absolute Gasteiger partial charge is 0.497 e. The predicted octanol–water partition coefficient (Wildman–Crippen LogP) is 2.66. The van der Waals surface area contributed by atoms with Crippen molar-refractivity contribution in [1.82, 2.24) is 0 Å². The highest BCUT2D eigenvalue weighted by Gasteiger charge is 2.17. The van der Waals surface area contributed by atoms with E-state index in [1.54, 1.807) is 6.07 Å². The molecule has 0 N–H and O–H groups in total. The summed E-state index contributed by atoms with van der Waals surface area (Å²) in [6, 6.07) is 4.37. The van der Waals surface area contributed by atoms with Crippen LogP contribution < -0.4 is 9.47 Å². The fraction of sp³-hybridized carbons (Fsp3) is 0.400. The van der Waals surface area contributed by atoms with Gasteiger partial charge in [0.1, 0.15) is 16.4 Å². The molecule has 16 heavy (non-hydrogen) atoms. The van der Waals surface area contributed by atoms with Gasteiger partial charge in [-0.2, -0.15) is 0 Å². The first-order valence-electron chi connectivity index (χ1n) is 4.65. The molecule has 0 saturated carbocycles. The van der Waals surface area contributed by atoms with E-state index in [4.69, 9.17) is 20.2 Å². The summed E-state index contributed by atoms with van der Waals surface area (Å²) in [6.45, 7) is 4.00. The summed E-state index contributed by atoms with van der Waals surface area (Å²) in [5.74, 6) is 0.603. The highest BCUT2D eigenvalue weighted by atomic mass is 35.7. The lowest BCUT2D eigenvalue weighted by Crippen LogP contribution is -1.96. The zero-order valence-electron chi connectivity index (χ0n) is 9.65. The summed E-state index contributed by atoms with van der Waals surface area (Å²) in [4.78, 5) is -0.0963. The van der Waals surface area contributed by atoms with Crippen LogP contribution in [-0.4, -0.2) is 22.6 Å². The van der Waals surface area contributed by atoms with Gasteiger partial charge >= 0.3 is 0 Å². The highest BCUT2D eigenvalue weighted by molar-refractivity contribution is 8.13. The van der Waals surface area contributed by atoms with E-state index in [2.05, 4.69) is 0 Å². The molecule has 0 spiro atoms. The van der Waals surface area contributed by atoms with Gasteiger partial charge in [-0.05, 0) is 12.1 Å². The van der Waals surface area contributed by atoms with Gasteiger partial charge in [0.05, 0.1) is 14.2 Å². The number of rotatable bonds is 3. The molecule has 0 radical (unpaired) electrons. The lowest BCUT2D eigenvalue weighted by atomic mass is 10.3. The molecule has 1 aromatic carbocycles. The van der Waals surface area contributed by atoms with Crippen LogP contribution in [-0.2, 0) is 9.05 Å². The van der Waals surface area contributed by atoms with Gasteiger partial charge in [-0.1, -0.05) is 13.8 Å². The van der Waals surface area contributed by atoms with Crippen LogP contribution in [0.15, 0.2) is 23.1 Å². The minimum absolute atomic E-state index is 0.0963.